The van der Waals surface area contributed by atoms with E-state index >= 15 is 4.39 Å². The molecule has 0 radical (unpaired) electrons. The maximum Gasteiger partial charge on any atom is 0.126 e. The van der Waals surface area contributed by atoms with Gasteiger partial charge in [-0.25, -0.2) is 4.39 Å². The molecule has 0 bridgehead atoms. The first-order valence-electron chi connectivity index (χ1n) is 17.2. The predicted octanol–water partition coefficient (Wildman–Crippen LogP) is 10.3. The number of hydrogen-bond donors (Lipinski definition) is 0. The summed E-state index contributed by atoms with van der Waals surface area (Å²) in [6.45, 7) is 6.15. The van der Waals surface area contributed by atoms with Crippen molar-refractivity contribution in [1.82, 2.24) is 0 Å². The van der Waals surface area contributed by atoms with Gasteiger partial charge in [-0.15, -0.1) is 0 Å². The second kappa shape index (κ2) is 14.8. The van der Waals surface area contributed by atoms with Crippen LogP contribution in [0.4, 0.5) is 4.39 Å². The van der Waals surface area contributed by atoms with Gasteiger partial charge in [0.15, 0.2) is 0 Å². The third-order valence-corrected chi connectivity index (χ3v) is 11.5. The molecule has 1 aromatic carbocycles. The zero-order valence-corrected chi connectivity index (χ0v) is 25.2. The summed E-state index contributed by atoms with van der Waals surface area (Å²) >= 11 is 0. The van der Waals surface area contributed by atoms with Crippen molar-refractivity contribution >= 4 is 0 Å². The summed E-state index contributed by atoms with van der Waals surface area (Å²) in [7, 11) is 0. The van der Waals surface area contributed by atoms with Gasteiger partial charge >= 0.3 is 0 Å². The molecule has 0 N–H and O–H groups in total. The lowest BCUT2D eigenvalue weighted by Gasteiger charge is -2.38. The lowest BCUT2D eigenvalue weighted by molar-refractivity contribution is 0.00674. The highest BCUT2D eigenvalue weighted by molar-refractivity contribution is 5.30. The molecule has 4 aliphatic carbocycles. The third-order valence-electron chi connectivity index (χ3n) is 11.5. The lowest BCUT2D eigenvalue weighted by Crippen LogP contribution is -2.28. The highest BCUT2D eigenvalue weighted by Crippen LogP contribution is 2.46. The average Bonchev–Trinajstić information content (AvgIpc) is 2.98. The Morgan fingerprint density at radius 1 is 0.615 bits per heavy atom. The van der Waals surface area contributed by atoms with Gasteiger partial charge in [-0.2, -0.15) is 0 Å². The van der Waals surface area contributed by atoms with E-state index in [0.717, 1.165) is 42.4 Å². The summed E-state index contributed by atoms with van der Waals surface area (Å²) < 4.78 is 27.4. The first kappa shape index (κ1) is 29.6. The molecule has 2 nitrogen and oxygen atoms in total. The van der Waals surface area contributed by atoms with E-state index in [4.69, 9.17) is 9.47 Å². The maximum atomic E-state index is 15.4. The van der Waals surface area contributed by atoms with Gasteiger partial charge in [0.25, 0.3) is 0 Å². The SMILES string of the molecule is CCCCOC1CCC(C2CCC(c3ccc(C4CCC(C5CCC(OCC)CC5)CC4)c(F)c3)CC2)CC1. The maximum absolute atomic E-state index is 15.4. The second-order valence-corrected chi connectivity index (χ2v) is 13.8. The Morgan fingerprint density at radius 3 is 1.59 bits per heavy atom. The van der Waals surface area contributed by atoms with Gasteiger partial charge in [0.1, 0.15) is 5.82 Å². The van der Waals surface area contributed by atoms with E-state index in [-0.39, 0.29) is 5.82 Å². The standard InChI is InChI=1S/C36H57FO2/c1-3-5-24-39-34-21-16-29(17-22-34)26-6-8-30(9-7-26)32-18-23-35(36(37)25-32)31-12-10-27(11-13-31)28-14-19-33(20-15-28)38-4-2/h18,23,25-31,33-34H,3-17,19-22,24H2,1-2H3. The van der Waals surface area contributed by atoms with Gasteiger partial charge in [-0.3, -0.25) is 0 Å². The fraction of sp³-hybridized carbons (Fsp3) is 0.833. The van der Waals surface area contributed by atoms with Crippen molar-refractivity contribution in [3.05, 3.63) is 35.1 Å². The predicted molar refractivity (Wildman–Crippen MR) is 160 cm³/mol. The van der Waals surface area contributed by atoms with Crippen molar-refractivity contribution in [1.29, 1.82) is 0 Å². The van der Waals surface area contributed by atoms with Gasteiger partial charge < -0.3 is 9.47 Å². The van der Waals surface area contributed by atoms with Crippen LogP contribution in [0, 0.1) is 29.5 Å². The van der Waals surface area contributed by atoms with Crippen LogP contribution in [0.15, 0.2) is 18.2 Å². The monoisotopic (exact) mass is 540 g/mol. The number of unbranched alkanes of at least 4 members (excludes halogenated alkanes) is 1. The molecule has 0 aromatic heterocycles. The van der Waals surface area contributed by atoms with Crippen LogP contribution < -0.4 is 0 Å². The van der Waals surface area contributed by atoms with E-state index in [2.05, 4.69) is 26.0 Å². The second-order valence-electron chi connectivity index (χ2n) is 13.8. The molecule has 3 heteroatoms. The minimum Gasteiger partial charge on any atom is -0.379 e. The Labute approximate surface area is 239 Å². The molecule has 4 saturated carbocycles. The Balaban J connectivity index is 1.05. The number of ether oxygens (including phenoxy) is 2. The Morgan fingerprint density at radius 2 is 1.10 bits per heavy atom. The van der Waals surface area contributed by atoms with Crippen molar-refractivity contribution < 1.29 is 13.9 Å². The Bertz CT molecular complexity index is 838. The number of rotatable bonds is 10. The summed E-state index contributed by atoms with van der Waals surface area (Å²) in [6.07, 6.45) is 23.9. The van der Waals surface area contributed by atoms with E-state index in [1.54, 1.807) is 0 Å². The van der Waals surface area contributed by atoms with E-state index in [9.17, 15) is 0 Å². The molecule has 4 aliphatic rings. The van der Waals surface area contributed by atoms with E-state index in [1.807, 2.05) is 6.07 Å². The molecular weight excluding hydrogens is 483 g/mol. The molecule has 1 aromatic rings. The zero-order chi connectivity index (χ0) is 27.0. The van der Waals surface area contributed by atoms with Gasteiger partial charge in [-0.05, 0) is 169 Å². The van der Waals surface area contributed by atoms with Crippen LogP contribution in [-0.2, 0) is 9.47 Å². The fourth-order valence-corrected chi connectivity index (χ4v) is 9.04. The van der Waals surface area contributed by atoms with Crippen molar-refractivity contribution in [2.75, 3.05) is 13.2 Å². The molecule has 39 heavy (non-hydrogen) atoms. The number of hydrogen-bond acceptors (Lipinski definition) is 2. The smallest absolute Gasteiger partial charge is 0.126 e. The lowest BCUT2D eigenvalue weighted by atomic mass is 9.68. The average molecular weight is 541 g/mol. The first-order chi connectivity index (χ1) is 19.1. The molecule has 5 rings (SSSR count). The minimum atomic E-state index is 0.0803. The molecule has 0 saturated heterocycles. The summed E-state index contributed by atoms with van der Waals surface area (Å²) in [5.74, 6) is 4.56. The van der Waals surface area contributed by atoms with Crippen molar-refractivity contribution in [3.63, 3.8) is 0 Å². The van der Waals surface area contributed by atoms with E-state index in [0.29, 0.717) is 24.0 Å². The minimum absolute atomic E-state index is 0.0803. The molecule has 0 aliphatic heterocycles. The van der Waals surface area contributed by atoms with Crippen LogP contribution in [0.5, 0.6) is 0 Å². The number of halogens is 1. The normalized spacial score (nSPS) is 36.1. The fourth-order valence-electron chi connectivity index (χ4n) is 9.04. The van der Waals surface area contributed by atoms with Crippen molar-refractivity contribution in [3.8, 4) is 0 Å². The molecule has 220 valence electrons. The van der Waals surface area contributed by atoms with Crippen molar-refractivity contribution in [2.24, 2.45) is 23.7 Å². The van der Waals surface area contributed by atoms with E-state index < -0.39 is 0 Å². The first-order valence-corrected chi connectivity index (χ1v) is 17.2. The molecule has 0 heterocycles. The Kier molecular flexibility index (Phi) is 11.2. The highest BCUT2D eigenvalue weighted by Gasteiger charge is 2.34. The van der Waals surface area contributed by atoms with Crippen LogP contribution in [-0.4, -0.2) is 25.4 Å². The topological polar surface area (TPSA) is 18.5 Å². The zero-order valence-electron chi connectivity index (χ0n) is 25.2. The van der Waals surface area contributed by atoms with Gasteiger partial charge in [0.2, 0.25) is 0 Å². The summed E-state index contributed by atoms with van der Waals surface area (Å²) in [5, 5.41) is 0. The van der Waals surface area contributed by atoms with Crippen LogP contribution >= 0.6 is 0 Å². The molecular formula is C36H57FO2. The van der Waals surface area contributed by atoms with Gasteiger partial charge in [0, 0.05) is 13.2 Å². The van der Waals surface area contributed by atoms with Crippen LogP contribution in [0.1, 0.15) is 152 Å². The largest absolute Gasteiger partial charge is 0.379 e. The molecule has 0 unspecified atom stereocenters. The summed E-state index contributed by atoms with van der Waals surface area (Å²) in [5.41, 5.74) is 2.27. The van der Waals surface area contributed by atoms with Gasteiger partial charge in [-0.1, -0.05) is 25.5 Å². The van der Waals surface area contributed by atoms with E-state index in [1.165, 1.54) is 121 Å². The molecule has 0 amide bonds. The molecule has 0 atom stereocenters. The number of benzene rings is 1. The van der Waals surface area contributed by atoms with Crippen LogP contribution in [0.3, 0.4) is 0 Å². The van der Waals surface area contributed by atoms with Crippen LogP contribution in [0.2, 0.25) is 0 Å². The Hall–Kier alpha value is -0.930. The quantitative estimate of drug-likeness (QED) is 0.275. The molecule has 0 spiro atoms. The van der Waals surface area contributed by atoms with Gasteiger partial charge in [0.05, 0.1) is 12.2 Å². The molecule has 4 fully saturated rings. The summed E-state index contributed by atoms with van der Waals surface area (Å²) in [4.78, 5) is 0. The van der Waals surface area contributed by atoms with Crippen LogP contribution in [0.25, 0.3) is 0 Å². The van der Waals surface area contributed by atoms with Crippen molar-refractivity contribution in [2.45, 2.75) is 153 Å². The summed E-state index contributed by atoms with van der Waals surface area (Å²) in [6, 6.07) is 6.40. The third kappa shape index (κ3) is 7.88. The highest BCUT2D eigenvalue weighted by atomic mass is 19.1.